The molecule has 0 radical (unpaired) electrons. The molecule has 1 atom stereocenters. The number of hydrogen-bond acceptors (Lipinski definition) is 5. The second-order valence-corrected chi connectivity index (χ2v) is 6.82. The van der Waals surface area contributed by atoms with E-state index in [0.717, 1.165) is 15.9 Å². The number of rotatable bonds is 3. The lowest BCUT2D eigenvalue weighted by molar-refractivity contribution is 0.0766. The normalized spacial score (nSPS) is 18.0. The number of ether oxygens (including phenoxy) is 1. The van der Waals surface area contributed by atoms with E-state index >= 15 is 0 Å². The SMILES string of the molecule is Cc1nc(C(=O)N2CC[C@@H](Oc3ccc(Br)cn3)C2)cs1. The zero-order chi connectivity index (χ0) is 14.8. The van der Waals surface area contributed by atoms with E-state index in [1.165, 1.54) is 11.3 Å². The van der Waals surface area contributed by atoms with Crippen LogP contribution in [-0.2, 0) is 0 Å². The lowest BCUT2D eigenvalue weighted by Gasteiger charge is -2.15. The molecule has 0 N–H and O–H groups in total. The predicted molar refractivity (Wildman–Crippen MR) is 83.7 cm³/mol. The molecule has 0 aliphatic carbocycles. The van der Waals surface area contributed by atoms with E-state index in [0.29, 0.717) is 24.7 Å². The first kappa shape index (κ1) is 14.5. The number of pyridine rings is 1. The Hall–Kier alpha value is -1.47. The number of halogens is 1. The van der Waals surface area contributed by atoms with Crippen LogP contribution in [0.25, 0.3) is 0 Å². The Bertz CT molecular complexity index is 644. The molecule has 1 saturated heterocycles. The van der Waals surface area contributed by atoms with Crippen molar-refractivity contribution in [2.24, 2.45) is 0 Å². The first-order valence-corrected chi connectivity index (χ1v) is 8.29. The Morgan fingerprint density at radius 2 is 2.38 bits per heavy atom. The van der Waals surface area contributed by atoms with Crippen LogP contribution in [0.3, 0.4) is 0 Å². The van der Waals surface area contributed by atoms with Crippen LogP contribution in [0.2, 0.25) is 0 Å². The van der Waals surface area contributed by atoms with E-state index in [1.807, 2.05) is 24.4 Å². The van der Waals surface area contributed by atoms with Crippen LogP contribution in [0, 0.1) is 6.92 Å². The summed E-state index contributed by atoms with van der Waals surface area (Å²) in [5, 5.41) is 2.71. The van der Waals surface area contributed by atoms with Gasteiger partial charge in [-0.1, -0.05) is 0 Å². The quantitative estimate of drug-likeness (QED) is 0.836. The molecule has 7 heteroatoms. The maximum Gasteiger partial charge on any atom is 0.273 e. The van der Waals surface area contributed by atoms with Crippen molar-refractivity contribution >= 4 is 33.2 Å². The van der Waals surface area contributed by atoms with E-state index in [-0.39, 0.29) is 12.0 Å². The van der Waals surface area contributed by atoms with E-state index in [2.05, 4.69) is 25.9 Å². The zero-order valence-corrected chi connectivity index (χ0v) is 13.9. The van der Waals surface area contributed by atoms with Crippen LogP contribution in [0.15, 0.2) is 28.2 Å². The van der Waals surface area contributed by atoms with Gasteiger partial charge in [0.15, 0.2) is 0 Å². The molecule has 0 unspecified atom stereocenters. The summed E-state index contributed by atoms with van der Waals surface area (Å²) in [7, 11) is 0. The number of hydrogen-bond donors (Lipinski definition) is 0. The van der Waals surface area contributed by atoms with E-state index < -0.39 is 0 Å². The van der Waals surface area contributed by atoms with Crippen molar-refractivity contribution in [3.63, 3.8) is 0 Å². The lowest BCUT2D eigenvalue weighted by atomic mass is 10.3. The fourth-order valence-corrected chi connectivity index (χ4v) is 3.06. The topological polar surface area (TPSA) is 55.3 Å². The van der Waals surface area contributed by atoms with Gasteiger partial charge in [0.1, 0.15) is 11.8 Å². The van der Waals surface area contributed by atoms with E-state index in [9.17, 15) is 4.79 Å². The molecule has 3 rings (SSSR count). The predicted octanol–water partition coefficient (Wildman–Crippen LogP) is 2.90. The summed E-state index contributed by atoms with van der Waals surface area (Å²) in [4.78, 5) is 22.5. The van der Waals surface area contributed by atoms with Gasteiger partial charge in [-0.25, -0.2) is 9.97 Å². The number of likely N-dealkylation sites (tertiary alicyclic amines) is 1. The second-order valence-electron chi connectivity index (χ2n) is 4.85. The van der Waals surface area contributed by atoms with Crippen LogP contribution < -0.4 is 4.74 Å². The molecule has 0 aromatic carbocycles. The summed E-state index contributed by atoms with van der Waals surface area (Å²) in [5.41, 5.74) is 0.528. The molecule has 0 bridgehead atoms. The summed E-state index contributed by atoms with van der Waals surface area (Å²) in [6.07, 6.45) is 2.50. The summed E-state index contributed by atoms with van der Waals surface area (Å²) in [5.74, 6) is 0.566. The Balaban J connectivity index is 1.60. The molecule has 21 heavy (non-hydrogen) atoms. The summed E-state index contributed by atoms with van der Waals surface area (Å²) >= 11 is 4.83. The van der Waals surface area contributed by atoms with Gasteiger partial charge in [0.25, 0.3) is 5.91 Å². The van der Waals surface area contributed by atoms with Gasteiger partial charge in [-0.05, 0) is 28.9 Å². The maximum atomic E-state index is 12.3. The molecule has 1 amide bonds. The number of nitrogens with zero attached hydrogens (tertiary/aromatic N) is 3. The molecule has 110 valence electrons. The largest absolute Gasteiger partial charge is 0.472 e. The van der Waals surface area contributed by atoms with Gasteiger partial charge in [0, 0.05) is 35.1 Å². The summed E-state index contributed by atoms with van der Waals surface area (Å²) in [6.45, 7) is 3.17. The van der Waals surface area contributed by atoms with Gasteiger partial charge < -0.3 is 9.64 Å². The van der Waals surface area contributed by atoms with E-state index in [4.69, 9.17) is 4.74 Å². The number of aryl methyl sites for hydroxylation is 1. The van der Waals surface area contributed by atoms with Crippen molar-refractivity contribution in [3.05, 3.63) is 38.9 Å². The molecule has 1 fully saturated rings. The van der Waals surface area contributed by atoms with Gasteiger partial charge in [-0.15, -0.1) is 11.3 Å². The molecular weight excluding hydrogens is 354 g/mol. The molecule has 1 aliphatic heterocycles. The average molecular weight is 368 g/mol. The van der Waals surface area contributed by atoms with Crippen molar-refractivity contribution in [1.29, 1.82) is 0 Å². The first-order chi connectivity index (χ1) is 10.1. The molecule has 0 spiro atoms. The number of aromatic nitrogens is 2. The smallest absolute Gasteiger partial charge is 0.273 e. The summed E-state index contributed by atoms with van der Waals surface area (Å²) in [6, 6.07) is 3.70. The standard InChI is InChI=1S/C14H14BrN3O2S/c1-9-17-12(8-21-9)14(19)18-5-4-11(7-18)20-13-3-2-10(15)6-16-13/h2-3,6,8,11H,4-5,7H2,1H3/t11-/m1/s1. The van der Waals surface area contributed by atoms with Crippen molar-refractivity contribution in [3.8, 4) is 5.88 Å². The fourth-order valence-electron chi connectivity index (χ4n) is 2.24. The lowest BCUT2D eigenvalue weighted by Crippen LogP contribution is -2.31. The first-order valence-electron chi connectivity index (χ1n) is 6.61. The van der Waals surface area contributed by atoms with E-state index in [1.54, 1.807) is 11.1 Å². The third-order valence-electron chi connectivity index (χ3n) is 3.26. The highest BCUT2D eigenvalue weighted by atomic mass is 79.9. The Morgan fingerprint density at radius 3 is 3.05 bits per heavy atom. The van der Waals surface area contributed by atoms with Crippen LogP contribution in [-0.4, -0.2) is 40.0 Å². The van der Waals surface area contributed by atoms with Crippen molar-refractivity contribution in [2.75, 3.05) is 13.1 Å². The van der Waals surface area contributed by atoms with Crippen LogP contribution >= 0.6 is 27.3 Å². The van der Waals surface area contributed by atoms with Crippen molar-refractivity contribution < 1.29 is 9.53 Å². The van der Waals surface area contributed by atoms with Gasteiger partial charge in [-0.3, -0.25) is 4.79 Å². The Morgan fingerprint density at radius 1 is 1.52 bits per heavy atom. The highest BCUT2D eigenvalue weighted by Gasteiger charge is 2.29. The third kappa shape index (κ3) is 3.41. The minimum atomic E-state index is -0.0192. The van der Waals surface area contributed by atoms with Gasteiger partial charge in [0.05, 0.1) is 11.6 Å². The van der Waals surface area contributed by atoms with Crippen molar-refractivity contribution in [1.82, 2.24) is 14.9 Å². The minimum absolute atomic E-state index is 0.0117. The average Bonchev–Trinajstić information content (AvgIpc) is 3.10. The van der Waals surface area contributed by atoms with Gasteiger partial charge in [-0.2, -0.15) is 0 Å². The molecule has 0 saturated carbocycles. The van der Waals surface area contributed by atoms with Gasteiger partial charge >= 0.3 is 0 Å². The fraction of sp³-hybridized carbons (Fsp3) is 0.357. The van der Waals surface area contributed by atoms with Crippen LogP contribution in [0.4, 0.5) is 0 Å². The number of amides is 1. The molecule has 3 heterocycles. The number of thiazole rings is 1. The van der Waals surface area contributed by atoms with Crippen molar-refractivity contribution in [2.45, 2.75) is 19.4 Å². The number of carbonyl (C=O) groups is 1. The Kier molecular flexibility index (Phi) is 4.21. The second kappa shape index (κ2) is 6.11. The van der Waals surface area contributed by atoms with Crippen LogP contribution in [0.5, 0.6) is 5.88 Å². The monoisotopic (exact) mass is 367 g/mol. The highest BCUT2D eigenvalue weighted by Crippen LogP contribution is 2.20. The minimum Gasteiger partial charge on any atom is -0.472 e. The third-order valence-corrected chi connectivity index (χ3v) is 4.50. The maximum absolute atomic E-state index is 12.3. The van der Waals surface area contributed by atoms with Gasteiger partial charge in [0.2, 0.25) is 5.88 Å². The summed E-state index contributed by atoms with van der Waals surface area (Å²) < 4.78 is 6.72. The highest BCUT2D eigenvalue weighted by molar-refractivity contribution is 9.10. The molecule has 1 aliphatic rings. The molecule has 2 aromatic rings. The molecule has 2 aromatic heterocycles. The van der Waals surface area contributed by atoms with Crippen LogP contribution in [0.1, 0.15) is 21.9 Å². The molecule has 5 nitrogen and oxygen atoms in total. The Labute approximate surface area is 135 Å². The zero-order valence-electron chi connectivity index (χ0n) is 11.5. The molecular formula is C14H14BrN3O2S. The number of carbonyl (C=O) groups excluding carboxylic acids is 1.